The zero-order valence-electron chi connectivity index (χ0n) is 19.7. The summed E-state index contributed by atoms with van der Waals surface area (Å²) in [4.78, 5) is 16.4. The Hall–Kier alpha value is -3.03. The highest BCUT2D eigenvalue weighted by atomic mass is 16.5. The second-order valence-corrected chi connectivity index (χ2v) is 9.31. The van der Waals surface area contributed by atoms with E-state index in [0.717, 1.165) is 34.8 Å². The molecule has 0 aliphatic carbocycles. The van der Waals surface area contributed by atoms with Crippen LogP contribution in [0.25, 0.3) is 10.9 Å². The summed E-state index contributed by atoms with van der Waals surface area (Å²) in [6.07, 6.45) is 0. The van der Waals surface area contributed by atoms with Gasteiger partial charge >= 0.3 is 0 Å². The van der Waals surface area contributed by atoms with E-state index in [-0.39, 0.29) is 24.0 Å². The molecule has 1 atom stereocenters. The van der Waals surface area contributed by atoms with E-state index in [1.807, 2.05) is 23.1 Å². The van der Waals surface area contributed by atoms with Crippen LogP contribution in [0.2, 0.25) is 0 Å². The third-order valence-electron chi connectivity index (χ3n) is 7.40. The van der Waals surface area contributed by atoms with Crippen LogP contribution in [-0.2, 0) is 23.8 Å². The Bertz CT molecular complexity index is 1190. The quantitative estimate of drug-likeness (QED) is 0.649. The number of rotatable bonds is 5. The fourth-order valence-electron chi connectivity index (χ4n) is 5.76. The molecule has 7 nitrogen and oxygen atoms in total. The van der Waals surface area contributed by atoms with Gasteiger partial charge in [0.05, 0.1) is 32.4 Å². The lowest BCUT2D eigenvalue weighted by Crippen LogP contribution is -2.67. The summed E-state index contributed by atoms with van der Waals surface area (Å²) in [5, 5.41) is 11.7. The van der Waals surface area contributed by atoms with Gasteiger partial charge in [0.25, 0.3) is 0 Å². The fourth-order valence-corrected chi connectivity index (χ4v) is 5.76. The number of aliphatic hydroxyl groups is 1. The minimum atomic E-state index is -0.159. The van der Waals surface area contributed by atoms with E-state index in [0.29, 0.717) is 19.6 Å². The zero-order chi connectivity index (χ0) is 23.3. The van der Waals surface area contributed by atoms with Crippen LogP contribution in [0.4, 0.5) is 0 Å². The number of likely N-dealkylation sites (tertiary alicyclic amines) is 1. The highest BCUT2D eigenvalue weighted by Gasteiger charge is 2.53. The number of fused-ring (bicyclic) bond motifs is 4. The van der Waals surface area contributed by atoms with Gasteiger partial charge < -0.3 is 24.0 Å². The number of carbonyl (C=O) groups is 1. The number of methoxy groups -OCH3 is 2. The van der Waals surface area contributed by atoms with Crippen molar-refractivity contribution in [1.29, 1.82) is 0 Å². The van der Waals surface area contributed by atoms with E-state index in [9.17, 15) is 9.90 Å². The predicted octanol–water partition coefficient (Wildman–Crippen LogP) is 2.84. The summed E-state index contributed by atoms with van der Waals surface area (Å²) in [6.45, 7) is 4.54. The number of aromatic nitrogens is 1. The molecule has 33 heavy (non-hydrogen) atoms. The first-order chi connectivity index (χ1) is 15.9. The van der Waals surface area contributed by atoms with Gasteiger partial charge in [-0.15, -0.1) is 0 Å². The lowest BCUT2D eigenvalue weighted by Gasteiger charge is -2.56. The molecule has 2 aliphatic heterocycles. The number of nitrogens with zero attached hydrogens (tertiary/aromatic N) is 3. The summed E-state index contributed by atoms with van der Waals surface area (Å²) < 4.78 is 13.0. The van der Waals surface area contributed by atoms with Crippen molar-refractivity contribution in [3.63, 3.8) is 0 Å². The van der Waals surface area contributed by atoms with Crippen molar-refractivity contribution in [3.8, 4) is 11.5 Å². The maximum absolute atomic E-state index is 12.1. The Balaban J connectivity index is 1.62. The molecule has 1 fully saturated rings. The van der Waals surface area contributed by atoms with Gasteiger partial charge in [-0.3, -0.25) is 9.69 Å². The Labute approximate surface area is 194 Å². The SMILES string of the molecule is COc1ccc(CN2CC3(CN(C(C)=O)C3)c3c(n(C)c4cc(OC)ccc34)[C@@H]2CO)cc1. The molecule has 0 radical (unpaired) electrons. The van der Waals surface area contributed by atoms with Crippen molar-refractivity contribution in [3.05, 3.63) is 59.3 Å². The highest BCUT2D eigenvalue weighted by molar-refractivity contribution is 5.89. The largest absolute Gasteiger partial charge is 0.497 e. The molecule has 174 valence electrons. The van der Waals surface area contributed by atoms with Crippen LogP contribution >= 0.6 is 0 Å². The van der Waals surface area contributed by atoms with Gasteiger partial charge in [0, 0.05) is 62.7 Å². The predicted molar refractivity (Wildman–Crippen MR) is 127 cm³/mol. The molecule has 2 aliphatic rings. The van der Waals surface area contributed by atoms with Crippen LogP contribution in [0, 0.1) is 0 Å². The van der Waals surface area contributed by atoms with E-state index in [1.165, 1.54) is 10.9 Å². The van der Waals surface area contributed by atoms with Crippen LogP contribution in [0.1, 0.15) is 29.8 Å². The fraction of sp³-hybridized carbons (Fsp3) is 0.423. The molecular formula is C26H31N3O4. The third-order valence-corrected chi connectivity index (χ3v) is 7.40. The molecule has 0 saturated carbocycles. The number of carbonyl (C=O) groups excluding carboxylic acids is 1. The number of hydrogen-bond acceptors (Lipinski definition) is 5. The van der Waals surface area contributed by atoms with Crippen LogP contribution < -0.4 is 9.47 Å². The second-order valence-electron chi connectivity index (χ2n) is 9.31. The molecule has 1 spiro atoms. The van der Waals surface area contributed by atoms with Crippen LogP contribution in [0.5, 0.6) is 11.5 Å². The zero-order valence-corrected chi connectivity index (χ0v) is 19.7. The topological polar surface area (TPSA) is 67.2 Å². The van der Waals surface area contributed by atoms with Gasteiger partial charge in [-0.2, -0.15) is 0 Å². The number of aryl methyl sites for hydroxylation is 1. The minimum absolute atomic E-state index is 0.0248. The first-order valence-corrected chi connectivity index (χ1v) is 11.3. The number of hydrogen-bond donors (Lipinski definition) is 1. The average Bonchev–Trinajstić information content (AvgIpc) is 3.09. The Morgan fingerprint density at radius 1 is 1.06 bits per heavy atom. The van der Waals surface area contributed by atoms with Gasteiger partial charge in [-0.05, 0) is 35.4 Å². The lowest BCUT2D eigenvalue weighted by atomic mass is 9.68. The van der Waals surface area contributed by atoms with E-state index in [1.54, 1.807) is 21.1 Å². The van der Waals surface area contributed by atoms with Crippen molar-refractivity contribution in [2.24, 2.45) is 7.05 Å². The van der Waals surface area contributed by atoms with E-state index in [4.69, 9.17) is 9.47 Å². The molecule has 1 saturated heterocycles. The molecule has 3 aromatic rings. The number of benzene rings is 2. The molecule has 1 aromatic heterocycles. The molecule has 1 N–H and O–H groups in total. The maximum atomic E-state index is 12.1. The van der Waals surface area contributed by atoms with Gasteiger partial charge in [-0.1, -0.05) is 12.1 Å². The van der Waals surface area contributed by atoms with E-state index >= 15 is 0 Å². The summed E-state index contributed by atoms with van der Waals surface area (Å²) >= 11 is 0. The number of amides is 1. The van der Waals surface area contributed by atoms with Crippen molar-refractivity contribution < 1.29 is 19.4 Å². The van der Waals surface area contributed by atoms with Gasteiger partial charge in [0.2, 0.25) is 5.91 Å². The second kappa shape index (κ2) is 8.08. The standard InChI is InChI=1S/C26H31N3O4/c1-17(31)29-15-26(16-29)14-28(12-18-5-7-19(32-3)8-6-18)23(13-30)25-24(26)21-10-9-20(33-4)11-22(21)27(25)2/h5-11,23,30H,12-16H2,1-4H3/t23-/m0/s1. The minimum Gasteiger partial charge on any atom is -0.497 e. The van der Waals surface area contributed by atoms with Crippen molar-refractivity contribution in [2.75, 3.05) is 40.5 Å². The molecule has 0 unspecified atom stereocenters. The monoisotopic (exact) mass is 449 g/mol. The summed E-state index contributed by atoms with van der Waals surface area (Å²) in [6, 6.07) is 14.1. The van der Waals surface area contributed by atoms with Crippen LogP contribution in [0.15, 0.2) is 42.5 Å². The summed E-state index contributed by atoms with van der Waals surface area (Å²) in [5.74, 6) is 1.74. The molecule has 0 bridgehead atoms. The molecule has 1 amide bonds. The van der Waals surface area contributed by atoms with Crippen molar-refractivity contribution in [2.45, 2.75) is 24.9 Å². The first-order valence-electron chi connectivity index (χ1n) is 11.3. The third kappa shape index (κ3) is 3.38. The Kier molecular flexibility index (Phi) is 5.34. The normalized spacial score (nSPS) is 19.4. The average molecular weight is 450 g/mol. The first kappa shape index (κ1) is 21.8. The van der Waals surface area contributed by atoms with Gasteiger partial charge in [0.15, 0.2) is 0 Å². The summed E-state index contributed by atoms with van der Waals surface area (Å²) in [7, 11) is 5.41. The molecule has 7 heteroatoms. The van der Waals surface area contributed by atoms with Crippen LogP contribution in [0.3, 0.4) is 0 Å². The smallest absolute Gasteiger partial charge is 0.219 e. The van der Waals surface area contributed by atoms with Gasteiger partial charge in [-0.25, -0.2) is 0 Å². The maximum Gasteiger partial charge on any atom is 0.219 e. The van der Waals surface area contributed by atoms with Crippen molar-refractivity contribution >= 4 is 16.8 Å². The van der Waals surface area contributed by atoms with E-state index in [2.05, 4.69) is 40.8 Å². The summed E-state index contributed by atoms with van der Waals surface area (Å²) in [5.41, 5.74) is 4.49. The highest BCUT2D eigenvalue weighted by Crippen LogP contribution is 2.49. The van der Waals surface area contributed by atoms with E-state index < -0.39 is 0 Å². The van der Waals surface area contributed by atoms with Gasteiger partial charge in [0.1, 0.15) is 11.5 Å². The molecule has 2 aromatic carbocycles. The number of ether oxygens (including phenoxy) is 2. The molecular weight excluding hydrogens is 418 g/mol. The molecule has 5 rings (SSSR count). The van der Waals surface area contributed by atoms with Crippen molar-refractivity contribution in [1.82, 2.24) is 14.4 Å². The lowest BCUT2D eigenvalue weighted by molar-refractivity contribution is -0.138. The Morgan fingerprint density at radius 2 is 1.73 bits per heavy atom. The molecule has 3 heterocycles. The number of aliphatic hydroxyl groups excluding tert-OH is 1. The Morgan fingerprint density at radius 3 is 2.33 bits per heavy atom. The van der Waals surface area contributed by atoms with Crippen LogP contribution in [-0.4, -0.2) is 65.8 Å².